The highest BCUT2D eigenvalue weighted by Gasteiger charge is 2.00. The average Bonchev–Trinajstić information content (AvgIpc) is 2.72. The summed E-state index contributed by atoms with van der Waals surface area (Å²) in [6, 6.07) is 0. The first-order valence-corrected chi connectivity index (χ1v) is 4.61. The fourth-order valence-corrected chi connectivity index (χ4v) is 1.39. The van der Waals surface area contributed by atoms with Gasteiger partial charge in [0.15, 0.2) is 0 Å². The Kier molecular flexibility index (Phi) is 2.40. The van der Waals surface area contributed by atoms with E-state index in [1.54, 1.807) is 11.0 Å². The van der Waals surface area contributed by atoms with Gasteiger partial charge in [0, 0.05) is 31.9 Å². The van der Waals surface area contributed by atoms with Gasteiger partial charge < -0.3 is 4.57 Å². The molecule has 0 aliphatic carbocycles. The number of imidazole rings is 1. The summed E-state index contributed by atoms with van der Waals surface area (Å²) in [6.45, 7) is 0.741. The van der Waals surface area contributed by atoms with Gasteiger partial charge in [-0.25, -0.2) is 9.67 Å². The first-order chi connectivity index (χ1) is 6.77. The Balaban J connectivity index is 2.05. The van der Waals surface area contributed by atoms with E-state index in [2.05, 4.69) is 20.5 Å². The molecule has 2 aromatic rings. The SMILES string of the molecule is Cn1cncc1CCn1[nH]nnc1=S. The molecule has 2 heterocycles. The molecule has 0 saturated heterocycles. The average molecular weight is 210 g/mol. The quantitative estimate of drug-likeness (QED) is 0.741. The van der Waals surface area contributed by atoms with Crippen molar-refractivity contribution < 1.29 is 0 Å². The van der Waals surface area contributed by atoms with E-state index in [1.165, 1.54) is 0 Å². The summed E-state index contributed by atoms with van der Waals surface area (Å²) in [5, 5.41) is 10.0. The van der Waals surface area contributed by atoms with Crippen molar-refractivity contribution in [3.63, 3.8) is 0 Å². The van der Waals surface area contributed by atoms with E-state index in [1.807, 2.05) is 17.8 Å². The Bertz CT molecular complexity index is 466. The Hall–Kier alpha value is -1.50. The number of hydrogen-bond acceptors (Lipinski definition) is 4. The third-order valence-electron chi connectivity index (χ3n) is 2.04. The summed E-state index contributed by atoms with van der Waals surface area (Å²) >= 11 is 4.95. The summed E-state index contributed by atoms with van der Waals surface area (Å²) in [5.41, 5.74) is 1.15. The summed E-state index contributed by atoms with van der Waals surface area (Å²) < 4.78 is 4.18. The van der Waals surface area contributed by atoms with E-state index < -0.39 is 0 Å². The normalized spacial score (nSPS) is 10.6. The number of aromatic nitrogens is 6. The molecule has 0 amide bonds. The minimum atomic E-state index is 0.479. The second-order valence-electron chi connectivity index (χ2n) is 2.98. The number of H-pyrrole nitrogens is 1. The summed E-state index contributed by atoms with van der Waals surface area (Å²) in [7, 11) is 1.97. The Labute approximate surface area is 85.6 Å². The van der Waals surface area contributed by atoms with Crippen molar-refractivity contribution in [3.05, 3.63) is 23.0 Å². The molecule has 0 saturated carbocycles. The smallest absolute Gasteiger partial charge is 0.238 e. The van der Waals surface area contributed by atoms with Crippen LogP contribution in [0.4, 0.5) is 0 Å². The summed E-state index contributed by atoms with van der Waals surface area (Å²) in [6.07, 6.45) is 4.47. The minimum absolute atomic E-state index is 0.479. The van der Waals surface area contributed by atoms with Crippen molar-refractivity contribution in [2.45, 2.75) is 13.0 Å². The molecule has 0 atom stereocenters. The molecule has 0 unspecified atom stereocenters. The van der Waals surface area contributed by atoms with E-state index >= 15 is 0 Å². The highest BCUT2D eigenvalue weighted by atomic mass is 32.1. The molecular formula is C7H10N6S. The van der Waals surface area contributed by atoms with Crippen LogP contribution in [0.2, 0.25) is 0 Å². The van der Waals surface area contributed by atoms with Crippen LogP contribution in [-0.4, -0.2) is 29.8 Å². The van der Waals surface area contributed by atoms with Crippen LogP contribution in [0.25, 0.3) is 0 Å². The van der Waals surface area contributed by atoms with E-state index in [-0.39, 0.29) is 0 Å². The minimum Gasteiger partial charge on any atom is -0.338 e. The molecule has 0 fully saturated rings. The van der Waals surface area contributed by atoms with Crippen molar-refractivity contribution in [1.29, 1.82) is 0 Å². The molecule has 0 spiro atoms. The highest BCUT2D eigenvalue weighted by molar-refractivity contribution is 7.71. The first-order valence-electron chi connectivity index (χ1n) is 4.20. The number of aromatic amines is 1. The molecule has 2 aromatic heterocycles. The van der Waals surface area contributed by atoms with Crippen molar-refractivity contribution >= 4 is 12.2 Å². The van der Waals surface area contributed by atoms with Crippen molar-refractivity contribution in [2.24, 2.45) is 7.05 Å². The lowest BCUT2D eigenvalue weighted by atomic mass is 10.3. The zero-order valence-electron chi connectivity index (χ0n) is 7.71. The molecule has 1 N–H and O–H groups in total. The molecule has 0 aliphatic rings. The van der Waals surface area contributed by atoms with Crippen LogP contribution in [0.15, 0.2) is 12.5 Å². The van der Waals surface area contributed by atoms with Crippen LogP contribution < -0.4 is 0 Å². The van der Waals surface area contributed by atoms with Crippen molar-refractivity contribution in [2.75, 3.05) is 0 Å². The van der Waals surface area contributed by atoms with Crippen molar-refractivity contribution in [3.8, 4) is 0 Å². The van der Waals surface area contributed by atoms with Crippen LogP contribution in [0, 0.1) is 4.77 Å². The molecule has 6 nitrogen and oxygen atoms in total. The molecule has 2 rings (SSSR count). The number of aryl methyl sites for hydroxylation is 3. The van der Waals surface area contributed by atoms with Gasteiger partial charge in [-0.2, -0.15) is 5.21 Å². The fraction of sp³-hybridized carbons (Fsp3) is 0.429. The van der Waals surface area contributed by atoms with Gasteiger partial charge >= 0.3 is 0 Å². The van der Waals surface area contributed by atoms with Gasteiger partial charge in [-0.1, -0.05) is 10.3 Å². The predicted molar refractivity (Wildman–Crippen MR) is 52.1 cm³/mol. The third kappa shape index (κ3) is 1.72. The molecule has 0 bridgehead atoms. The second kappa shape index (κ2) is 3.70. The largest absolute Gasteiger partial charge is 0.338 e. The zero-order chi connectivity index (χ0) is 9.97. The van der Waals surface area contributed by atoms with E-state index in [4.69, 9.17) is 12.2 Å². The van der Waals surface area contributed by atoms with Crippen LogP contribution >= 0.6 is 12.2 Å². The van der Waals surface area contributed by atoms with Gasteiger partial charge in [0.1, 0.15) is 0 Å². The Morgan fingerprint density at radius 2 is 2.43 bits per heavy atom. The van der Waals surface area contributed by atoms with Gasteiger partial charge in [-0.15, -0.1) is 0 Å². The van der Waals surface area contributed by atoms with E-state index in [0.717, 1.165) is 18.7 Å². The highest BCUT2D eigenvalue weighted by Crippen LogP contribution is 1.99. The van der Waals surface area contributed by atoms with Crippen LogP contribution in [0.1, 0.15) is 5.69 Å². The maximum Gasteiger partial charge on any atom is 0.238 e. The molecule has 0 aromatic carbocycles. The Morgan fingerprint density at radius 3 is 3.00 bits per heavy atom. The third-order valence-corrected chi connectivity index (χ3v) is 2.34. The number of tetrazole rings is 1. The van der Waals surface area contributed by atoms with Gasteiger partial charge in [0.2, 0.25) is 4.77 Å². The fourth-order valence-electron chi connectivity index (χ4n) is 1.21. The van der Waals surface area contributed by atoms with Crippen LogP contribution in [0.3, 0.4) is 0 Å². The molecular weight excluding hydrogens is 200 g/mol. The molecule has 14 heavy (non-hydrogen) atoms. The van der Waals surface area contributed by atoms with Gasteiger partial charge in [0.25, 0.3) is 0 Å². The van der Waals surface area contributed by atoms with Gasteiger partial charge in [0.05, 0.1) is 6.33 Å². The molecule has 0 radical (unpaired) electrons. The lowest BCUT2D eigenvalue weighted by Gasteiger charge is -2.01. The molecule has 74 valence electrons. The first kappa shape index (κ1) is 9.07. The van der Waals surface area contributed by atoms with Gasteiger partial charge in [-0.3, -0.25) is 0 Å². The molecule has 7 heteroatoms. The molecule has 0 aliphatic heterocycles. The maximum absolute atomic E-state index is 4.95. The second-order valence-corrected chi connectivity index (χ2v) is 3.35. The number of nitrogens with one attached hydrogen (secondary N) is 1. The van der Waals surface area contributed by atoms with Gasteiger partial charge in [-0.05, 0) is 12.2 Å². The lowest BCUT2D eigenvalue weighted by Crippen LogP contribution is -2.06. The van der Waals surface area contributed by atoms with Crippen LogP contribution in [-0.2, 0) is 20.0 Å². The number of nitrogens with zero attached hydrogens (tertiary/aromatic N) is 5. The van der Waals surface area contributed by atoms with Crippen LogP contribution in [0.5, 0.6) is 0 Å². The standard InChI is InChI=1S/C7H10N6S/c1-12-5-8-4-6(12)2-3-13-7(14)9-10-11-13/h4-5H,2-3H2,1H3,(H,9,11,14). The number of rotatable bonds is 3. The Morgan fingerprint density at radius 1 is 1.57 bits per heavy atom. The summed E-state index contributed by atoms with van der Waals surface area (Å²) in [4.78, 5) is 4.03. The van der Waals surface area contributed by atoms with E-state index in [9.17, 15) is 0 Å². The summed E-state index contributed by atoms with van der Waals surface area (Å²) in [5.74, 6) is 0. The lowest BCUT2D eigenvalue weighted by molar-refractivity contribution is 0.570. The van der Waals surface area contributed by atoms with E-state index in [0.29, 0.717) is 4.77 Å². The predicted octanol–water partition coefficient (Wildman–Crippen LogP) is 0.312. The monoisotopic (exact) mass is 210 g/mol. The zero-order valence-corrected chi connectivity index (χ0v) is 8.53. The van der Waals surface area contributed by atoms with Crippen molar-refractivity contribution in [1.82, 2.24) is 29.8 Å². The topological polar surface area (TPSA) is 64.3 Å². The number of hydrogen-bond donors (Lipinski definition) is 1. The maximum atomic E-state index is 4.95.